The van der Waals surface area contributed by atoms with E-state index in [9.17, 15) is 4.79 Å². The van der Waals surface area contributed by atoms with Crippen LogP contribution >= 0.6 is 0 Å². The summed E-state index contributed by atoms with van der Waals surface area (Å²) in [5, 5.41) is 6.33. The number of rotatable bonds is 4. The molecule has 2 N–H and O–H groups in total. The van der Waals surface area contributed by atoms with Crippen LogP contribution in [0.5, 0.6) is 0 Å². The van der Waals surface area contributed by atoms with Crippen molar-refractivity contribution in [3.05, 3.63) is 29.8 Å². The molecular weight excluding hydrogens is 264 g/mol. The second kappa shape index (κ2) is 5.68. The summed E-state index contributed by atoms with van der Waals surface area (Å²) in [5.41, 5.74) is 1.39. The molecule has 0 bridgehead atoms. The molecule has 0 radical (unpaired) electrons. The maximum absolute atomic E-state index is 11.7. The van der Waals surface area contributed by atoms with Crippen LogP contribution in [-0.4, -0.2) is 29.7 Å². The summed E-state index contributed by atoms with van der Waals surface area (Å²) in [6.07, 6.45) is 0.956. The lowest BCUT2D eigenvalue weighted by Crippen LogP contribution is -2.38. The number of benzene rings is 1. The normalized spacial score (nSPS) is 22.8. The molecule has 0 aromatic heterocycles. The molecule has 4 nitrogen and oxygen atoms in total. The van der Waals surface area contributed by atoms with Crippen LogP contribution < -0.4 is 10.6 Å². The average molecular weight is 290 g/mol. The highest BCUT2D eigenvalue weighted by Crippen LogP contribution is 2.38. The lowest BCUT2D eigenvalue weighted by Gasteiger charge is -2.28. The smallest absolute Gasteiger partial charge is 0.251 e. The third-order valence-electron chi connectivity index (χ3n) is 3.90. The Hall–Kier alpha value is -1.55. The van der Waals surface area contributed by atoms with E-state index in [0.29, 0.717) is 12.1 Å². The Bertz CT molecular complexity index is 506. The maximum Gasteiger partial charge on any atom is 0.251 e. The van der Waals surface area contributed by atoms with Gasteiger partial charge in [-0.25, -0.2) is 0 Å². The number of ether oxygens (including phenoxy) is 1. The summed E-state index contributed by atoms with van der Waals surface area (Å²) in [6.45, 7) is 11.0. The van der Waals surface area contributed by atoms with Crippen LogP contribution in [-0.2, 0) is 4.74 Å². The molecule has 116 valence electrons. The third kappa shape index (κ3) is 3.76. The van der Waals surface area contributed by atoms with Gasteiger partial charge < -0.3 is 15.4 Å². The maximum atomic E-state index is 11.7. The number of amides is 1. The first kappa shape index (κ1) is 15.8. The fourth-order valence-corrected chi connectivity index (χ4v) is 2.97. The van der Waals surface area contributed by atoms with Crippen molar-refractivity contribution in [3.63, 3.8) is 0 Å². The molecule has 1 aromatic carbocycles. The molecule has 21 heavy (non-hydrogen) atoms. The van der Waals surface area contributed by atoms with Gasteiger partial charge in [0, 0.05) is 17.8 Å². The molecule has 1 unspecified atom stereocenters. The Morgan fingerprint density at radius 3 is 2.33 bits per heavy atom. The zero-order chi connectivity index (χ0) is 15.7. The highest BCUT2D eigenvalue weighted by molar-refractivity contribution is 5.94. The molecule has 1 aliphatic rings. The Morgan fingerprint density at radius 2 is 1.86 bits per heavy atom. The minimum absolute atomic E-state index is 0.0327. The van der Waals surface area contributed by atoms with Gasteiger partial charge in [0.2, 0.25) is 0 Å². The van der Waals surface area contributed by atoms with E-state index in [2.05, 4.69) is 38.3 Å². The van der Waals surface area contributed by atoms with E-state index in [4.69, 9.17) is 4.74 Å². The lowest BCUT2D eigenvalue weighted by molar-refractivity contribution is -0.0662. The summed E-state index contributed by atoms with van der Waals surface area (Å²) in [7, 11) is 0. The predicted molar refractivity (Wildman–Crippen MR) is 85.7 cm³/mol. The first-order valence-electron chi connectivity index (χ1n) is 7.58. The lowest BCUT2D eigenvalue weighted by atomic mass is 9.94. The van der Waals surface area contributed by atoms with Crippen LogP contribution in [0, 0.1) is 0 Å². The quantitative estimate of drug-likeness (QED) is 0.895. The summed E-state index contributed by atoms with van der Waals surface area (Å²) in [4.78, 5) is 11.7. The van der Waals surface area contributed by atoms with E-state index in [1.165, 1.54) is 0 Å². The first-order chi connectivity index (χ1) is 9.73. The van der Waals surface area contributed by atoms with Gasteiger partial charge in [-0.1, -0.05) is 0 Å². The van der Waals surface area contributed by atoms with E-state index < -0.39 is 0 Å². The molecule has 1 aliphatic heterocycles. The van der Waals surface area contributed by atoms with E-state index in [1.54, 1.807) is 0 Å². The molecule has 1 fully saturated rings. The summed E-state index contributed by atoms with van der Waals surface area (Å²) < 4.78 is 6.09. The van der Waals surface area contributed by atoms with Crippen molar-refractivity contribution >= 4 is 11.6 Å². The Kier molecular flexibility index (Phi) is 4.28. The second-order valence-electron chi connectivity index (χ2n) is 6.80. The van der Waals surface area contributed by atoms with Crippen LogP contribution in [0.3, 0.4) is 0 Å². The van der Waals surface area contributed by atoms with Crippen LogP contribution in [0.4, 0.5) is 5.69 Å². The van der Waals surface area contributed by atoms with Gasteiger partial charge in [-0.05, 0) is 65.3 Å². The van der Waals surface area contributed by atoms with Gasteiger partial charge in [-0.3, -0.25) is 4.79 Å². The molecular formula is C17H26N2O2. The van der Waals surface area contributed by atoms with Gasteiger partial charge in [0.1, 0.15) is 0 Å². The van der Waals surface area contributed by atoms with Crippen molar-refractivity contribution in [1.82, 2.24) is 5.32 Å². The Morgan fingerprint density at radius 1 is 1.24 bits per heavy atom. The van der Waals surface area contributed by atoms with Gasteiger partial charge in [-0.2, -0.15) is 0 Å². The molecule has 0 spiro atoms. The zero-order valence-corrected chi connectivity index (χ0v) is 13.6. The topological polar surface area (TPSA) is 50.4 Å². The minimum Gasteiger partial charge on any atom is -0.379 e. The van der Waals surface area contributed by atoms with Gasteiger partial charge in [0.05, 0.1) is 17.2 Å². The minimum atomic E-state index is -0.207. The van der Waals surface area contributed by atoms with Gasteiger partial charge in [-0.15, -0.1) is 0 Å². The summed E-state index contributed by atoms with van der Waals surface area (Å²) in [5.74, 6) is -0.0327. The predicted octanol–water partition coefficient (Wildman–Crippen LogP) is 3.19. The van der Waals surface area contributed by atoms with Crippen LogP contribution in [0.25, 0.3) is 0 Å². The molecule has 1 amide bonds. The Balaban J connectivity index is 2.05. The highest BCUT2D eigenvalue weighted by atomic mass is 16.5. The van der Waals surface area contributed by atoms with Crippen LogP contribution in [0.1, 0.15) is 51.4 Å². The largest absolute Gasteiger partial charge is 0.379 e. The molecule has 4 heteroatoms. The molecule has 1 heterocycles. The average Bonchev–Trinajstić information content (AvgIpc) is 2.58. The SMILES string of the molecule is CCNC(=O)c1ccc(NC2CC(C)(C)OC2(C)C)cc1. The van der Waals surface area contributed by atoms with Crippen molar-refractivity contribution in [2.24, 2.45) is 0 Å². The van der Waals surface area contributed by atoms with E-state index in [-0.39, 0.29) is 23.2 Å². The number of hydrogen-bond donors (Lipinski definition) is 2. The van der Waals surface area contributed by atoms with Gasteiger partial charge in [0.25, 0.3) is 5.91 Å². The van der Waals surface area contributed by atoms with Gasteiger partial charge in [0.15, 0.2) is 0 Å². The van der Waals surface area contributed by atoms with Crippen molar-refractivity contribution < 1.29 is 9.53 Å². The van der Waals surface area contributed by atoms with E-state index >= 15 is 0 Å². The highest BCUT2D eigenvalue weighted by Gasteiger charge is 2.45. The number of hydrogen-bond acceptors (Lipinski definition) is 3. The van der Waals surface area contributed by atoms with E-state index in [1.807, 2.05) is 31.2 Å². The van der Waals surface area contributed by atoms with E-state index in [0.717, 1.165) is 12.1 Å². The second-order valence-corrected chi connectivity index (χ2v) is 6.80. The molecule has 0 aliphatic carbocycles. The summed E-state index contributed by atoms with van der Waals surface area (Å²) in [6, 6.07) is 7.85. The molecule has 1 atom stereocenters. The standard InChI is InChI=1S/C17H26N2O2/c1-6-18-15(20)12-7-9-13(10-8-12)19-14-11-16(2,3)21-17(14,4)5/h7-10,14,19H,6,11H2,1-5H3,(H,18,20). The van der Waals surface area contributed by atoms with Crippen molar-refractivity contribution in [2.75, 3.05) is 11.9 Å². The molecule has 2 rings (SSSR count). The van der Waals surface area contributed by atoms with Crippen LogP contribution in [0.2, 0.25) is 0 Å². The Labute approximate surface area is 127 Å². The molecule has 0 saturated carbocycles. The van der Waals surface area contributed by atoms with Crippen molar-refractivity contribution in [1.29, 1.82) is 0 Å². The fraction of sp³-hybridized carbons (Fsp3) is 0.588. The third-order valence-corrected chi connectivity index (χ3v) is 3.90. The van der Waals surface area contributed by atoms with Crippen LogP contribution in [0.15, 0.2) is 24.3 Å². The molecule has 1 saturated heterocycles. The summed E-state index contributed by atoms with van der Waals surface area (Å²) >= 11 is 0. The number of carbonyl (C=O) groups is 1. The van der Waals surface area contributed by atoms with Crippen molar-refractivity contribution in [2.45, 2.75) is 58.3 Å². The first-order valence-corrected chi connectivity index (χ1v) is 7.58. The number of nitrogens with one attached hydrogen (secondary N) is 2. The van der Waals surface area contributed by atoms with Crippen molar-refractivity contribution in [3.8, 4) is 0 Å². The zero-order valence-electron chi connectivity index (χ0n) is 13.6. The number of carbonyl (C=O) groups excluding carboxylic acids is 1. The van der Waals surface area contributed by atoms with Gasteiger partial charge >= 0.3 is 0 Å². The molecule has 1 aromatic rings. The monoisotopic (exact) mass is 290 g/mol. The number of anilines is 1. The fourth-order valence-electron chi connectivity index (χ4n) is 2.97.